The zero-order valence-corrected chi connectivity index (χ0v) is 10.7. The molecule has 0 fully saturated rings. The zero-order chi connectivity index (χ0) is 13.1. The number of anilines is 1. The minimum atomic E-state index is -0.296. The van der Waals surface area contributed by atoms with Gasteiger partial charge in [-0.25, -0.2) is 9.37 Å². The minimum absolute atomic E-state index is 0.296. The molecule has 0 unspecified atom stereocenters. The maximum Gasteiger partial charge on any atom is 0.127 e. The van der Waals surface area contributed by atoms with Gasteiger partial charge in [-0.1, -0.05) is 18.2 Å². The fourth-order valence-electron chi connectivity index (χ4n) is 1.73. The van der Waals surface area contributed by atoms with Crippen LogP contribution in [0.15, 0.2) is 59.9 Å². The molecule has 1 aromatic carbocycles. The van der Waals surface area contributed by atoms with Crippen molar-refractivity contribution < 1.29 is 4.39 Å². The summed E-state index contributed by atoms with van der Waals surface area (Å²) in [5, 5.41) is 1.63. The number of halogens is 1. The Balaban J connectivity index is 1.86. The molecule has 0 atom stereocenters. The predicted octanol–water partition coefficient (Wildman–Crippen LogP) is 3.89. The molecule has 0 aliphatic rings. The number of benzene rings is 1. The molecular formula is C14H10FN3S. The van der Waals surface area contributed by atoms with E-state index in [1.54, 1.807) is 6.20 Å². The molecule has 0 saturated carbocycles. The average molecular weight is 271 g/mol. The van der Waals surface area contributed by atoms with E-state index in [1.165, 1.54) is 30.3 Å². The Morgan fingerprint density at radius 1 is 1.00 bits per heavy atom. The lowest BCUT2D eigenvalue weighted by atomic mass is 10.2. The summed E-state index contributed by atoms with van der Waals surface area (Å²) in [4.78, 5) is 8.42. The van der Waals surface area contributed by atoms with Crippen LogP contribution in [-0.2, 0) is 0 Å². The molecule has 0 bridgehead atoms. The van der Waals surface area contributed by atoms with Crippen LogP contribution in [0.2, 0.25) is 0 Å². The van der Waals surface area contributed by atoms with Crippen LogP contribution in [0.5, 0.6) is 0 Å². The van der Waals surface area contributed by atoms with Gasteiger partial charge in [0.05, 0.1) is 11.2 Å². The second-order valence-electron chi connectivity index (χ2n) is 3.90. The smallest absolute Gasteiger partial charge is 0.127 e. The van der Waals surface area contributed by atoms with Crippen LogP contribution >= 0.6 is 11.9 Å². The standard InChI is InChI=1S/C14H10FN3S/c15-11-6-8-16-13(9-11)19-18-12-5-1-3-10-4-2-7-17-14(10)12/h1-9,18H. The molecule has 0 saturated heterocycles. The van der Waals surface area contributed by atoms with Crippen molar-refractivity contribution in [1.29, 1.82) is 0 Å². The highest BCUT2D eigenvalue weighted by molar-refractivity contribution is 8.00. The fraction of sp³-hybridized carbons (Fsp3) is 0. The van der Waals surface area contributed by atoms with Crippen LogP contribution in [-0.4, -0.2) is 9.97 Å². The van der Waals surface area contributed by atoms with E-state index in [9.17, 15) is 4.39 Å². The molecule has 1 N–H and O–H groups in total. The van der Waals surface area contributed by atoms with Crippen LogP contribution in [0, 0.1) is 5.82 Å². The van der Waals surface area contributed by atoms with E-state index in [0.717, 1.165) is 16.6 Å². The van der Waals surface area contributed by atoms with E-state index in [4.69, 9.17) is 0 Å². The van der Waals surface area contributed by atoms with Crippen molar-refractivity contribution in [2.24, 2.45) is 0 Å². The van der Waals surface area contributed by atoms with Gasteiger partial charge in [-0.2, -0.15) is 0 Å². The van der Waals surface area contributed by atoms with Crippen molar-refractivity contribution in [2.75, 3.05) is 4.72 Å². The largest absolute Gasteiger partial charge is 0.322 e. The number of pyridine rings is 2. The third-order valence-corrected chi connectivity index (χ3v) is 3.35. The Morgan fingerprint density at radius 2 is 1.89 bits per heavy atom. The molecule has 0 radical (unpaired) electrons. The first-order chi connectivity index (χ1) is 9.33. The summed E-state index contributed by atoms with van der Waals surface area (Å²) in [7, 11) is 0. The Bertz CT molecular complexity index is 712. The van der Waals surface area contributed by atoms with Gasteiger partial charge in [0.1, 0.15) is 10.8 Å². The van der Waals surface area contributed by atoms with E-state index >= 15 is 0 Å². The summed E-state index contributed by atoms with van der Waals surface area (Å²) in [6, 6.07) is 12.5. The van der Waals surface area contributed by atoms with Crippen LogP contribution < -0.4 is 4.72 Å². The summed E-state index contributed by atoms with van der Waals surface area (Å²) in [6.07, 6.45) is 3.19. The molecule has 94 valence electrons. The van der Waals surface area contributed by atoms with Gasteiger partial charge >= 0.3 is 0 Å². The van der Waals surface area contributed by atoms with Crippen molar-refractivity contribution in [3.63, 3.8) is 0 Å². The van der Waals surface area contributed by atoms with E-state index in [1.807, 2.05) is 30.3 Å². The third kappa shape index (κ3) is 2.66. The average Bonchev–Trinajstić information content (AvgIpc) is 2.45. The highest BCUT2D eigenvalue weighted by atomic mass is 32.2. The van der Waals surface area contributed by atoms with E-state index < -0.39 is 0 Å². The molecule has 3 aromatic rings. The van der Waals surface area contributed by atoms with Gasteiger partial charge in [-0.15, -0.1) is 0 Å². The van der Waals surface area contributed by atoms with E-state index in [-0.39, 0.29) is 5.82 Å². The molecular weight excluding hydrogens is 261 g/mol. The van der Waals surface area contributed by atoms with E-state index in [2.05, 4.69) is 14.7 Å². The Morgan fingerprint density at radius 3 is 2.79 bits per heavy atom. The highest BCUT2D eigenvalue weighted by Crippen LogP contribution is 2.25. The molecule has 2 aromatic heterocycles. The third-order valence-electron chi connectivity index (χ3n) is 2.60. The second kappa shape index (κ2) is 5.24. The van der Waals surface area contributed by atoms with Crippen LogP contribution in [0.4, 0.5) is 10.1 Å². The molecule has 3 rings (SSSR count). The SMILES string of the molecule is Fc1ccnc(SNc2cccc3cccnc23)c1. The fourth-order valence-corrected chi connectivity index (χ4v) is 2.40. The van der Waals surface area contributed by atoms with Crippen molar-refractivity contribution in [2.45, 2.75) is 5.03 Å². The summed E-state index contributed by atoms with van der Waals surface area (Å²) in [5.74, 6) is -0.296. The normalized spacial score (nSPS) is 10.6. The lowest BCUT2D eigenvalue weighted by molar-refractivity contribution is 0.620. The number of rotatable bonds is 3. The number of fused-ring (bicyclic) bond motifs is 1. The van der Waals surface area contributed by atoms with Gasteiger partial charge in [0.25, 0.3) is 0 Å². The summed E-state index contributed by atoms with van der Waals surface area (Å²) < 4.78 is 16.2. The molecule has 5 heteroatoms. The first-order valence-electron chi connectivity index (χ1n) is 5.71. The number of hydrogen-bond acceptors (Lipinski definition) is 4. The molecule has 0 aliphatic heterocycles. The van der Waals surface area contributed by atoms with Gasteiger partial charge in [-0.05, 0) is 18.2 Å². The maximum atomic E-state index is 13.1. The number of para-hydroxylation sites is 1. The van der Waals surface area contributed by atoms with E-state index in [0.29, 0.717) is 5.03 Å². The number of aromatic nitrogens is 2. The molecule has 2 heterocycles. The lowest BCUT2D eigenvalue weighted by Gasteiger charge is -2.07. The van der Waals surface area contributed by atoms with Crippen LogP contribution in [0.25, 0.3) is 10.9 Å². The molecule has 19 heavy (non-hydrogen) atoms. The van der Waals surface area contributed by atoms with Gasteiger partial charge in [-0.3, -0.25) is 4.98 Å². The van der Waals surface area contributed by atoms with Crippen LogP contribution in [0.3, 0.4) is 0 Å². The number of nitrogens with one attached hydrogen (secondary N) is 1. The van der Waals surface area contributed by atoms with Gasteiger partial charge in [0.2, 0.25) is 0 Å². The van der Waals surface area contributed by atoms with Crippen molar-refractivity contribution in [1.82, 2.24) is 9.97 Å². The van der Waals surface area contributed by atoms with Crippen molar-refractivity contribution >= 4 is 28.5 Å². The Hall–Kier alpha value is -2.14. The summed E-state index contributed by atoms with van der Waals surface area (Å²) in [6.45, 7) is 0. The Labute approximate surface area is 114 Å². The number of hydrogen-bond donors (Lipinski definition) is 1. The van der Waals surface area contributed by atoms with Gasteiger partial charge in [0, 0.05) is 35.8 Å². The minimum Gasteiger partial charge on any atom is -0.322 e. The monoisotopic (exact) mass is 271 g/mol. The Kier molecular flexibility index (Phi) is 3.29. The summed E-state index contributed by atoms with van der Waals surface area (Å²) >= 11 is 1.26. The highest BCUT2D eigenvalue weighted by Gasteiger charge is 2.03. The molecule has 0 aliphatic carbocycles. The quantitative estimate of drug-likeness (QED) is 0.733. The number of nitrogens with zero attached hydrogens (tertiary/aromatic N) is 2. The first kappa shape index (κ1) is 11.9. The van der Waals surface area contributed by atoms with Crippen LogP contribution in [0.1, 0.15) is 0 Å². The van der Waals surface area contributed by atoms with Gasteiger partial charge in [0.15, 0.2) is 0 Å². The summed E-state index contributed by atoms with van der Waals surface area (Å²) in [5.41, 5.74) is 1.77. The molecule has 0 amide bonds. The maximum absolute atomic E-state index is 13.1. The van der Waals surface area contributed by atoms with Gasteiger partial charge < -0.3 is 4.72 Å². The van der Waals surface area contributed by atoms with Crippen molar-refractivity contribution in [3.8, 4) is 0 Å². The topological polar surface area (TPSA) is 37.8 Å². The first-order valence-corrected chi connectivity index (χ1v) is 6.53. The molecule has 3 nitrogen and oxygen atoms in total. The predicted molar refractivity (Wildman–Crippen MR) is 75.4 cm³/mol. The van der Waals surface area contributed by atoms with Crippen molar-refractivity contribution in [3.05, 3.63) is 60.7 Å². The molecule has 0 spiro atoms. The zero-order valence-electron chi connectivity index (χ0n) is 9.88. The lowest BCUT2D eigenvalue weighted by Crippen LogP contribution is -1.91. The second-order valence-corrected chi connectivity index (χ2v) is 4.72.